The summed E-state index contributed by atoms with van der Waals surface area (Å²) >= 11 is 0. The molecular formula is C7H12O3. The highest BCUT2D eigenvalue weighted by molar-refractivity contribution is 5.66. The monoisotopic (exact) mass is 144 g/mol. The van der Waals surface area contributed by atoms with E-state index in [4.69, 9.17) is 5.11 Å². The van der Waals surface area contributed by atoms with E-state index in [1.165, 1.54) is 0 Å². The van der Waals surface area contributed by atoms with Crippen molar-refractivity contribution in [2.24, 2.45) is 5.92 Å². The van der Waals surface area contributed by atoms with Crippen LogP contribution in [0.4, 0.5) is 0 Å². The van der Waals surface area contributed by atoms with Gasteiger partial charge < -0.3 is 9.90 Å². The number of aldehydes is 1. The van der Waals surface area contributed by atoms with Gasteiger partial charge in [0.05, 0.1) is 0 Å². The molecular weight excluding hydrogens is 132 g/mol. The zero-order chi connectivity index (χ0) is 7.98. The number of aliphatic carboxylic acids is 1. The summed E-state index contributed by atoms with van der Waals surface area (Å²) < 4.78 is 0. The first-order chi connectivity index (χ1) is 4.66. The van der Waals surface area contributed by atoms with E-state index < -0.39 is 5.97 Å². The highest BCUT2D eigenvalue weighted by atomic mass is 16.4. The average Bonchev–Trinajstić information content (AvgIpc) is 1.85. The summed E-state index contributed by atoms with van der Waals surface area (Å²) in [6.07, 6.45) is 2.04. The second-order valence-corrected chi connectivity index (χ2v) is 2.44. The highest BCUT2D eigenvalue weighted by Crippen LogP contribution is 2.07. The van der Waals surface area contributed by atoms with Gasteiger partial charge in [-0.25, -0.2) is 0 Å². The first kappa shape index (κ1) is 9.14. The minimum Gasteiger partial charge on any atom is -0.481 e. The van der Waals surface area contributed by atoms with E-state index in [9.17, 15) is 9.59 Å². The van der Waals surface area contributed by atoms with Crippen molar-refractivity contribution in [2.75, 3.05) is 0 Å². The Labute approximate surface area is 60.0 Å². The van der Waals surface area contributed by atoms with Gasteiger partial charge in [0, 0.05) is 12.8 Å². The molecule has 0 aromatic carbocycles. The molecule has 3 heteroatoms. The van der Waals surface area contributed by atoms with Gasteiger partial charge in [-0.05, 0) is 12.3 Å². The summed E-state index contributed by atoms with van der Waals surface area (Å²) in [6.45, 7) is 1.87. The zero-order valence-electron chi connectivity index (χ0n) is 6.04. The van der Waals surface area contributed by atoms with E-state index in [0.717, 1.165) is 6.29 Å². The molecule has 0 aromatic heterocycles. The van der Waals surface area contributed by atoms with Gasteiger partial charge in [-0.1, -0.05) is 6.92 Å². The first-order valence-corrected chi connectivity index (χ1v) is 3.32. The smallest absolute Gasteiger partial charge is 0.303 e. The van der Waals surface area contributed by atoms with E-state index in [1.807, 2.05) is 6.92 Å². The number of carboxylic acid groups (broad SMARTS) is 1. The summed E-state index contributed by atoms with van der Waals surface area (Å²) in [5.41, 5.74) is 0. The van der Waals surface area contributed by atoms with Crippen molar-refractivity contribution < 1.29 is 14.7 Å². The van der Waals surface area contributed by atoms with Crippen LogP contribution in [0.5, 0.6) is 0 Å². The number of carbonyl (C=O) groups is 2. The Bertz CT molecular complexity index is 120. The molecule has 0 aliphatic heterocycles. The lowest BCUT2D eigenvalue weighted by atomic mass is 10.0. The lowest BCUT2D eigenvalue weighted by Crippen LogP contribution is -2.01. The summed E-state index contributed by atoms with van der Waals surface area (Å²) in [6, 6.07) is 0. The Kier molecular flexibility index (Phi) is 4.54. The fourth-order valence-corrected chi connectivity index (χ4v) is 0.652. The van der Waals surface area contributed by atoms with E-state index in [0.29, 0.717) is 12.8 Å². The maximum atomic E-state index is 10.0. The fraction of sp³-hybridized carbons (Fsp3) is 0.714. The maximum absolute atomic E-state index is 10.0. The Hall–Kier alpha value is -0.860. The van der Waals surface area contributed by atoms with Gasteiger partial charge >= 0.3 is 5.97 Å². The molecule has 0 rings (SSSR count). The maximum Gasteiger partial charge on any atom is 0.303 e. The third kappa shape index (κ3) is 5.28. The lowest BCUT2D eigenvalue weighted by molar-refractivity contribution is -0.137. The van der Waals surface area contributed by atoms with E-state index in [-0.39, 0.29) is 12.3 Å². The normalized spacial score (nSPS) is 12.5. The lowest BCUT2D eigenvalue weighted by Gasteiger charge is -2.02. The van der Waals surface area contributed by atoms with Crippen LogP contribution in [0.2, 0.25) is 0 Å². The van der Waals surface area contributed by atoms with Crippen molar-refractivity contribution in [1.82, 2.24) is 0 Å². The Morgan fingerprint density at radius 2 is 2.30 bits per heavy atom. The van der Waals surface area contributed by atoms with Crippen molar-refractivity contribution in [3.63, 3.8) is 0 Å². The Morgan fingerprint density at radius 3 is 2.70 bits per heavy atom. The van der Waals surface area contributed by atoms with Crippen LogP contribution < -0.4 is 0 Å². The molecule has 0 aromatic rings. The second-order valence-electron chi connectivity index (χ2n) is 2.44. The third-order valence-corrected chi connectivity index (χ3v) is 1.35. The largest absolute Gasteiger partial charge is 0.481 e. The van der Waals surface area contributed by atoms with Crippen molar-refractivity contribution in [3.05, 3.63) is 0 Å². The number of carboxylic acids is 1. The fourth-order valence-electron chi connectivity index (χ4n) is 0.652. The number of carbonyl (C=O) groups excluding carboxylic acids is 1. The average molecular weight is 144 g/mol. The summed E-state index contributed by atoms with van der Waals surface area (Å²) in [7, 11) is 0. The highest BCUT2D eigenvalue weighted by Gasteiger charge is 2.03. The molecule has 3 nitrogen and oxygen atoms in total. The molecule has 10 heavy (non-hydrogen) atoms. The predicted octanol–water partition coefficient (Wildman–Crippen LogP) is 1.08. The molecule has 0 radical (unpaired) electrons. The van der Waals surface area contributed by atoms with E-state index in [2.05, 4.69) is 0 Å². The van der Waals surface area contributed by atoms with Gasteiger partial charge in [-0.15, -0.1) is 0 Å². The van der Waals surface area contributed by atoms with Crippen LogP contribution in [-0.4, -0.2) is 17.4 Å². The molecule has 0 fully saturated rings. The number of hydrogen-bond acceptors (Lipinski definition) is 2. The predicted molar refractivity (Wildman–Crippen MR) is 36.7 cm³/mol. The first-order valence-electron chi connectivity index (χ1n) is 3.32. The van der Waals surface area contributed by atoms with Crippen LogP contribution >= 0.6 is 0 Å². The quantitative estimate of drug-likeness (QED) is 0.587. The molecule has 1 atom stereocenters. The molecule has 58 valence electrons. The second kappa shape index (κ2) is 4.97. The third-order valence-electron chi connectivity index (χ3n) is 1.35. The SMILES string of the molecule is C[C@@H](CC=O)CCC(=O)O. The van der Waals surface area contributed by atoms with Crippen LogP contribution in [0.25, 0.3) is 0 Å². The molecule has 0 heterocycles. The minimum absolute atomic E-state index is 0.162. The molecule has 0 saturated carbocycles. The van der Waals surface area contributed by atoms with Crippen LogP contribution in [0.15, 0.2) is 0 Å². The summed E-state index contributed by atoms with van der Waals surface area (Å²) in [5.74, 6) is -0.591. The molecule has 0 spiro atoms. The van der Waals surface area contributed by atoms with Gasteiger partial charge in [0.25, 0.3) is 0 Å². The van der Waals surface area contributed by atoms with Crippen molar-refractivity contribution >= 4 is 12.3 Å². The van der Waals surface area contributed by atoms with E-state index in [1.54, 1.807) is 0 Å². The Morgan fingerprint density at radius 1 is 1.70 bits per heavy atom. The Balaban J connectivity index is 3.29. The molecule has 0 bridgehead atoms. The van der Waals surface area contributed by atoms with Gasteiger partial charge in [-0.3, -0.25) is 4.79 Å². The number of hydrogen-bond donors (Lipinski definition) is 1. The van der Waals surface area contributed by atoms with Crippen LogP contribution in [0, 0.1) is 5.92 Å². The van der Waals surface area contributed by atoms with Gasteiger partial charge in [0.2, 0.25) is 0 Å². The minimum atomic E-state index is -0.794. The van der Waals surface area contributed by atoms with Gasteiger partial charge in [0.15, 0.2) is 0 Å². The molecule has 0 saturated heterocycles. The molecule has 0 amide bonds. The van der Waals surface area contributed by atoms with Crippen LogP contribution in [-0.2, 0) is 9.59 Å². The molecule has 0 aliphatic rings. The topological polar surface area (TPSA) is 54.4 Å². The van der Waals surface area contributed by atoms with Crippen LogP contribution in [0.3, 0.4) is 0 Å². The standard InChI is InChI=1S/C7H12O3/c1-6(4-5-8)2-3-7(9)10/h5-6H,2-4H2,1H3,(H,9,10)/t6-/m1/s1. The summed E-state index contributed by atoms with van der Waals surface area (Å²) in [4.78, 5) is 19.9. The van der Waals surface area contributed by atoms with Crippen molar-refractivity contribution in [2.45, 2.75) is 26.2 Å². The van der Waals surface area contributed by atoms with Gasteiger partial charge in [-0.2, -0.15) is 0 Å². The molecule has 0 aliphatic carbocycles. The van der Waals surface area contributed by atoms with Crippen molar-refractivity contribution in [3.8, 4) is 0 Å². The van der Waals surface area contributed by atoms with Crippen LogP contribution in [0.1, 0.15) is 26.2 Å². The summed E-state index contributed by atoms with van der Waals surface area (Å²) in [5, 5.41) is 8.24. The van der Waals surface area contributed by atoms with Crippen molar-refractivity contribution in [1.29, 1.82) is 0 Å². The van der Waals surface area contributed by atoms with Gasteiger partial charge in [0.1, 0.15) is 6.29 Å². The zero-order valence-corrected chi connectivity index (χ0v) is 6.04. The molecule has 1 N–H and O–H groups in total. The molecule has 0 unspecified atom stereocenters. The van der Waals surface area contributed by atoms with E-state index >= 15 is 0 Å². The number of rotatable bonds is 5.